The third-order valence-electron chi connectivity index (χ3n) is 4.57. The molecule has 0 aliphatic carbocycles. The van der Waals surface area contributed by atoms with E-state index in [-0.39, 0.29) is 0 Å². The number of aryl methyl sites for hydroxylation is 2. The molecule has 0 atom stereocenters. The number of aromatic nitrogens is 3. The summed E-state index contributed by atoms with van der Waals surface area (Å²) in [5, 5.41) is 0. The maximum Gasteiger partial charge on any atom is 0.145 e. The van der Waals surface area contributed by atoms with Crippen LogP contribution in [0.2, 0.25) is 0 Å². The van der Waals surface area contributed by atoms with Crippen molar-refractivity contribution in [2.75, 3.05) is 23.7 Å². The zero-order valence-electron chi connectivity index (χ0n) is 15.4. The van der Waals surface area contributed by atoms with Crippen LogP contribution in [0.4, 0.5) is 11.5 Å². The minimum atomic E-state index is 0.502. The minimum Gasteiger partial charge on any atom is -0.382 e. The van der Waals surface area contributed by atoms with Crippen LogP contribution in [0.1, 0.15) is 25.1 Å². The number of benzene rings is 1. The van der Waals surface area contributed by atoms with Crippen molar-refractivity contribution in [2.24, 2.45) is 0 Å². The highest BCUT2D eigenvalue weighted by Gasteiger charge is 2.08. The normalized spacial score (nSPS) is 10.7. The molecule has 0 spiro atoms. The van der Waals surface area contributed by atoms with E-state index in [4.69, 9.17) is 10.7 Å². The molecule has 3 aromatic rings. The summed E-state index contributed by atoms with van der Waals surface area (Å²) in [6.07, 6.45) is 6.98. The van der Waals surface area contributed by atoms with Gasteiger partial charge in [0.15, 0.2) is 0 Å². The summed E-state index contributed by atoms with van der Waals surface area (Å²) < 4.78 is 0. The molecule has 0 bridgehead atoms. The Morgan fingerprint density at radius 3 is 2.27 bits per heavy atom. The molecule has 0 radical (unpaired) electrons. The number of pyridine rings is 1. The fraction of sp³-hybridized carbons (Fsp3) is 0.286. The second kappa shape index (κ2) is 8.43. The number of hydrogen-bond acceptors (Lipinski definition) is 5. The molecule has 0 amide bonds. The Labute approximate surface area is 154 Å². The van der Waals surface area contributed by atoms with Gasteiger partial charge in [-0.05, 0) is 56.5 Å². The zero-order valence-corrected chi connectivity index (χ0v) is 15.4. The van der Waals surface area contributed by atoms with Crippen LogP contribution in [0.25, 0.3) is 11.3 Å². The zero-order chi connectivity index (χ0) is 18.4. The van der Waals surface area contributed by atoms with Gasteiger partial charge >= 0.3 is 0 Å². The molecular formula is C21H25N5. The standard InChI is InChI=1S/C21H25N5/c1-3-26(4-2)18-8-6-17(7-9-18)20-15-24-21(22)19(25-20)10-5-16-11-13-23-14-12-16/h6-9,11-15H,3-5,10H2,1-2H3,(H2,22,24). The molecule has 0 unspecified atom stereocenters. The molecule has 0 saturated carbocycles. The summed E-state index contributed by atoms with van der Waals surface area (Å²) in [6.45, 7) is 6.32. The first kappa shape index (κ1) is 17.9. The van der Waals surface area contributed by atoms with Crippen LogP contribution in [0.5, 0.6) is 0 Å². The van der Waals surface area contributed by atoms with Crippen LogP contribution in [-0.2, 0) is 12.8 Å². The summed E-state index contributed by atoms with van der Waals surface area (Å²) in [6, 6.07) is 12.5. The van der Waals surface area contributed by atoms with Crippen LogP contribution in [0, 0.1) is 0 Å². The highest BCUT2D eigenvalue weighted by Crippen LogP contribution is 2.23. The van der Waals surface area contributed by atoms with Crippen molar-refractivity contribution in [3.05, 3.63) is 66.2 Å². The van der Waals surface area contributed by atoms with Crippen molar-refractivity contribution in [1.82, 2.24) is 15.0 Å². The summed E-state index contributed by atoms with van der Waals surface area (Å²) >= 11 is 0. The fourth-order valence-electron chi connectivity index (χ4n) is 3.00. The largest absolute Gasteiger partial charge is 0.382 e. The first-order chi connectivity index (χ1) is 12.7. The maximum atomic E-state index is 6.04. The molecule has 26 heavy (non-hydrogen) atoms. The highest BCUT2D eigenvalue weighted by molar-refractivity contribution is 5.63. The van der Waals surface area contributed by atoms with Gasteiger partial charge in [-0.1, -0.05) is 12.1 Å². The Balaban J connectivity index is 1.78. The molecule has 5 nitrogen and oxygen atoms in total. The molecule has 0 aliphatic rings. The van der Waals surface area contributed by atoms with Gasteiger partial charge in [-0.3, -0.25) is 4.98 Å². The molecule has 0 saturated heterocycles. The van der Waals surface area contributed by atoms with Gasteiger partial charge in [0.2, 0.25) is 0 Å². The van der Waals surface area contributed by atoms with Gasteiger partial charge in [-0.2, -0.15) is 0 Å². The van der Waals surface area contributed by atoms with E-state index in [0.717, 1.165) is 42.9 Å². The first-order valence-corrected chi connectivity index (χ1v) is 9.07. The van der Waals surface area contributed by atoms with Crippen molar-refractivity contribution in [1.29, 1.82) is 0 Å². The third-order valence-corrected chi connectivity index (χ3v) is 4.57. The van der Waals surface area contributed by atoms with E-state index in [1.165, 1.54) is 11.3 Å². The molecule has 2 heterocycles. The Morgan fingerprint density at radius 2 is 1.62 bits per heavy atom. The van der Waals surface area contributed by atoms with Crippen molar-refractivity contribution >= 4 is 11.5 Å². The Morgan fingerprint density at radius 1 is 0.923 bits per heavy atom. The summed E-state index contributed by atoms with van der Waals surface area (Å²) in [5.41, 5.74) is 11.2. The molecule has 134 valence electrons. The molecule has 3 rings (SSSR count). The van der Waals surface area contributed by atoms with Gasteiger partial charge in [0.05, 0.1) is 17.6 Å². The molecule has 2 N–H and O–H groups in total. The van der Waals surface area contributed by atoms with E-state index >= 15 is 0 Å². The molecule has 5 heteroatoms. The number of hydrogen-bond donors (Lipinski definition) is 1. The smallest absolute Gasteiger partial charge is 0.145 e. The molecule has 1 aromatic carbocycles. The van der Waals surface area contributed by atoms with Crippen molar-refractivity contribution in [3.63, 3.8) is 0 Å². The van der Waals surface area contributed by atoms with Gasteiger partial charge in [0, 0.05) is 36.7 Å². The lowest BCUT2D eigenvalue weighted by molar-refractivity contribution is 0.866. The van der Waals surface area contributed by atoms with E-state index in [2.05, 4.69) is 53.0 Å². The first-order valence-electron chi connectivity index (χ1n) is 9.07. The average molecular weight is 347 g/mol. The van der Waals surface area contributed by atoms with Gasteiger partial charge in [-0.25, -0.2) is 9.97 Å². The second-order valence-electron chi connectivity index (χ2n) is 6.16. The topological polar surface area (TPSA) is 67.9 Å². The number of rotatable bonds is 7. The maximum absolute atomic E-state index is 6.04. The monoisotopic (exact) mass is 347 g/mol. The SMILES string of the molecule is CCN(CC)c1ccc(-c2cnc(N)c(CCc3ccncc3)n2)cc1. The van der Waals surface area contributed by atoms with E-state index < -0.39 is 0 Å². The molecule has 0 fully saturated rings. The van der Waals surface area contributed by atoms with Crippen LogP contribution >= 0.6 is 0 Å². The van der Waals surface area contributed by atoms with Gasteiger partial charge in [0.25, 0.3) is 0 Å². The quantitative estimate of drug-likeness (QED) is 0.705. The third kappa shape index (κ3) is 4.17. The average Bonchev–Trinajstić information content (AvgIpc) is 2.70. The lowest BCUT2D eigenvalue weighted by Crippen LogP contribution is -2.21. The van der Waals surface area contributed by atoms with Crippen LogP contribution < -0.4 is 10.6 Å². The van der Waals surface area contributed by atoms with Crippen molar-refractivity contribution in [2.45, 2.75) is 26.7 Å². The Hall–Kier alpha value is -2.95. The summed E-state index contributed by atoms with van der Waals surface area (Å²) in [7, 11) is 0. The Kier molecular flexibility index (Phi) is 5.79. The number of anilines is 2. The van der Waals surface area contributed by atoms with Gasteiger partial charge in [0.1, 0.15) is 5.82 Å². The fourth-order valence-corrected chi connectivity index (χ4v) is 3.00. The van der Waals surface area contributed by atoms with E-state index in [1.807, 2.05) is 12.1 Å². The van der Waals surface area contributed by atoms with E-state index in [9.17, 15) is 0 Å². The van der Waals surface area contributed by atoms with E-state index in [1.54, 1.807) is 18.6 Å². The lowest BCUT2D eigenvalue weighted by atomic mass is 10.1. The molecular weight excluding hydrogens is 322 g/mol. The van der Waals surface area contributed by atoms with E-state index in [0.29, 0.717) is 5.82 Å². The van der Waals surface area contributed by atoms with Crippen LogP contribution in [-0.4, -0.2) is 28.0 Å². The predicted octanol–water partition coefficient (Wildman–Crippen LogP) is 3.75. The van der Waals surface area contributed by atoms with Gasteiger partial charge < -0.3 is 10.6 Å². The summed E-state index contributed by atoms with van der Waals surface area (Å²) in [4.78, 5) is 15.5. The van der Waals surface area contributed by atoms with Crippen LogP contribution in [0.15, 0.2) is 55.0 Å². The second-order valence-corrected chi connectivity index (χ2v) is 6.16. The molecule has 2 aromatic heterocycles. The van der Waals surface area contributed by atoms with Gasteiger partial charge in [-0.15, -0.1) is 0 Å². The highest BCUT2D eigenvalue weighted by atomic mass is 15.1. The number of nitrogen functional groups attached to an aromatic ring is 1. The summed E-state index contributed by atoms with van der Waals surface area (Å²) in [5.74, 6) is 0.502. The predicted molar refractivity (Wildman–Crippen MR) is 107 cm³/mol. The lowest BCUT2D eigenvalue weighted by Gasteiger charge is -2.21. The van der Waals surface area contributed by atoms with Crippen molar-refractivity contribution < 1.29 is 0 Å². The number of nitrogens with zero attached hydrogens (tertiary/aromatic N) is 4. The Bertz CT molecular complexity index is 827. The number of nitrogens with two attached hydrogens (primary N) is 1. The van der Waals surface area contributed by atoms with Crippen LogP contribution in [0.3, 0.4) is 0 Å². The molecule has 0 aliphatic heterocycles. The minimum absolute atomic E-state index is 0.502. The van der Waals surface area contributed by atoms with Crippen molar-refractivity contribution in [3.8, 4) is 11.3 Å².